The van der Waals surface area contributed by atoms with E-state index in [1.165, 1.54) is 12.1 Å². The molecule has 0 bridgehead atoms. The molecule has 0 radical (unpaired) electrons. The van der Waals surface area contributed by atoms with Crippen LogP contribution in [-0.2, 0) is 0 Å². The van der Waals surface area contributed by atoms with E-state index in [4.69, 9.17) is 5.11 Å². The molecule has 1 amide bonds. The predicted molar refractivity (Wildman–Crippen MR) is 73.6 cm³/mol. The van der Waals surface area contributed by atoms with Crippen LogP contribution < -0.4 is 0 Å². The van der Waals surface area contributed by atoms with E-state index in [0.29, 0.717) is 0 Å². The van der Waals surface area contributed by atoms with Crippen LogP contribution >= 0.6 is 0 Å². The third-order valence-corrected chi connectivity index (χ3v) is 3.34. The summed E-state index contributed by atoms with van der Waals surface area (Å²) in [5, 5.41) is 9.10. The van der Waals surface area contributed by atoms with Crippen LogP contribution in [0.3, 0.4) is 0 Å². The van der Waals surface area contributed by atoms with Crippen LogP contribution in [0.25, 0.3) is 0 Å². The maximum absolute atomic E-state index is 13.9. The maximum Gasteiger partial charge on any atom is 0.257 e. The molecular formula is C15H22FNO2. The van der Waals surface area contributed by atoms with Gasteiger partial charge in [-0.15, -0.1) is 0 Å². The summed E-state index contributed by atoms with van der Waals surface area (Å²) in [6.07, 6.45) is 1.57. The normalized spacial score (nSPS) is 10.8. The molecule has 0 atom stereocenters. The molecule has 1 aromatic rings. The van der Waals surface area contributed by atoms with Crippen LogP contribution in [0.4, 0.5) is 4.39 Å². The number of aliphatic hydroxyl groups is 1. The molecule has 0 aliphatic carbocycles. The van der Waals surface area contributed by atoms with Crippen LogP contribution in [0.2, 0.25) is 0 Å². The molecule has 1 aromatic carbocycles. The molecule has 0 aliphatic rings. The highest BCUT2D eigenvalue weighted by Gasteiger charge is 2.24. The molecule has 0 saturated heterocycles. The number of amides is 1. The second kappa shape index (κ2) is 7.24. The molecule has 1 N–H and O–H groups in total. The van der Waals surface area contributed by atoms with Gasteiger partial charge in [-0.1, -0.05) is 19.9 Å². The van der Waals surface area contributed by atoms with E-state index in [9.17, 15) is 9.18 Å². The van der Waals surface area contributed by atoms with Crippen molar-refractivity contribution in [2.45, 2.75) is 39.7 Å². The van der Waals surface area contributed by atoms with Gasteiger partial charge in [-0.25, -0.2) is 4.39 Å². The van der Waals surface area contributed by atoms with Crippen molar-refractivity contribution in [3.63, 3.8) is 0 Å². The van der Waals surface area contributed by atoms with Crippen LogP contribution in [0, 0.1) is 12.7 Å². The lowest BCUT2D eigenvalue weighted by Gasteiger charge is -2.30. The minimum Gasteiger partial charge on any atom is -0.395 e. The molecule has 0 fully saturated rings. The number of carbonyl (C=O) groups excluding carboxylic acids is 1. The first-order chi connectivity index (χ1) is 9.04. The van der Waals surface area contributed by atoms with Crippen LogP contribution in [-0.4, -0.2) is 35.1 Å². The second-order valence-electron chi connectivity index (χ2n) is 4.68. The molecule has 1 rings (SSSR count). The number of halogens is 1. The van der Waals surface area contributed by atoms with E-state index in [0.717, 1.165) is 18.4 Å². The van der Waals surface area contributed by atoms with Crippen molar-refractivity contribution in [2.24, 2.45) is 0 Å². The highest BCUT2D eigenvalue weighted by Crippen LogP contribution is 2.17. The van der Waals surface area contributed by atoms with E-state index >= 15 is 0 Å². The Hall–Kier alpha value is -1.42. The van der Waals surface area contributed by atoms with Gasteiger partial charge in [0.15, 0.2) is 0 Å². The van der Waals surface area contributed by atoms with Crippen LogP contribution in [0.15, 0.2) is 18.2 Å². The van der Waals surface area contributed by atoms with Gasteiger partial charge in [-0.05, 0) is 37.5 Å². The standard InChI is InChI=1S/C15H22FNO2/c1-4-12(5-2)17(8-9-18)15(19)13-7-6-11(3)10-14(13)16/h6-7,10,12,18H,4-5,8-9H2,1-3H3. The smallest absolute Gasteiger partial charge is 0.257 e. The molecule has 3 nitrogen and oxygen atoms in total. The topological polar surface area (TPSA) is 40.5 Å². The van der Waals surface area contributed by atoms with Gasteiger partial charge in [0.2, 0.25) is 0 Å². The molecule has 0 heterocycles. The third kappa shape index (κ3) is 3.77. The number of nitrogens with zero attached hydrogens (tertiary/aromatic N) is 1. The molecule has 0 aromatic heterocycles. The fourth-order valence-corrected chi connectivity index (χ4v) is 2.24. The summed E-state index contributed by atoms with van der Waals surface area (Å²) in [6, 6.07) is 4.62. The summed E-state index contributed by atoms with van der Waals surface area (Å²) in [7, 11) is 0. The van der Waals surface area contributed by atoms with Gasteiger partial charge in [-0.3, -0.25) is 4.79 Å². The fourth-order valence-electron chi connectivity index (χ4n) is 2.24. The summed E-state index contributed by atoms with van der Waals surface area (Å²) in [4.78, 5) is 14.0. The number of aryl methyl sites for hydroxylation is 1. The number of benzene rings is 1. The van der Waals surface area contributed by atoms with Crippen molar-refractivity contribution in [2.75, 3.05) is 13.2 Å². The molecule has 106 valence electrons. The Kier molecular flexibility index (Phi) is 5.96. The summed E-state index contributed by atoms with van der Waals surface area (Å²) in [5.41, 5.74) is 0.858. The number of hydrogen-bond donors (Lipinski definition) is 1. The van der Waals surface area contributed by atoms with Crippen molar-refractivity contribution in [3.8, 4) is 0 Å². The SMILES string of the molecule is CCC(CC)N(CCO)C(=O)c1ccc(C)cc1F. The molecule has 0 aliphatic heterocycles. The Bertz CT molecular complexity index is 430. The van der Waals surface area contributed by atoms with Gasteiger partial charge >= 0.3 is 0 Å². The first kappa shape index (κ1) is 15.6. The first-order valence-corrected chi connectivity index (χ1v) is 6.73. The zero-order valence-electron chi connectivity index (χ0n) is 11.8. The zero-order chi connectivity index (χ0) is 14.4. The van der Waals surface area contributed by atoms with Crippen molar-refractivity contribution >= 4 is 5.91 Å². The van der Waals surface area contributed by atoms with E-state index in [-0.39, 0.29) is 30.7 Å². The molecule has 0 saturated carbocycles. The van der Waals surface area contributed by atoms with Gasteiger partial charge in [-0.2, -0.15) is 0 Å². The van der Waals surface area contributed by atoms with Crippen molar-refractivity contribution in [1.29, 1.82) is 0 Å². The largest absolute Gasteiger partial charge is 0.395 e. The summed E-state index contributed by atoms with van der Waals surface area (Å²) >= 11 is 0. The third-order valence-electron chi connectivity index (χ3n) is 3.34. The van der Waals surface area contributed by atoms with E-state index in [1.54, 1.807) is 17.9 Å². The van der Waals surface area contributed by atoms with Crippen LogP contribution in [0.1, 0.15) is 42.6 Å². The average molecular weight is 267 g/mol. The summed E-state index contributed by atoms with van der Waals surface area (Å²) in [5.74, 6) is -0.848. The Balaban J connectivity index is 3.04. The van der Waals surface area contributed by atoms with Gasteiger partial charge in [0.05, 0.1) is 12.2 Å². The van der Waals surface area contributed by atoms with E-state index in [2.05, 4.69) is 0 Å². The van der Waals surface area contributed by atoms with Crippen molar-refractivity contribution < 1.29 is 14.3 Å². The maximum atomic E-state index is 13.9. The molecular weight excluding hydrogens is 245 g/mol. The van der Waals surface area contributed by atoms with Gasteiger partial charge in [0.25, 0.3) is 5.91 Å². The molecule has 19 heavy (non-hydrogen) atoms. The first-order valence-electron chi connectivity index (χ1n) is 6.73. The highest BCUT2D eigenvalue weighted by molar-refractivity contribution is 5.94. The van der Waals surface area contributed by atoms with Gasteiger partial charge in [0, 0.05) is 12.6 Å². The van der Waals surface area contributed by atoms with Crippen molar-refractivity contribution in [3.05, 3.63) is 35.1 Å². The zero-order valence-corrected chi connectivity index (χ0v) is 11.8. The lowest BCUT2D eigenvalue weighted by molar-refractivity contribution is 0.0617. The van der Waals surface area contributed by atoms with Crippen molar-refractivity contribution in [1.82, 2.24) is 4.90 Å². The van der Waals surface area contributed by atoms with E-state index in [1.807, 2.05) is 13.8 Å². The lowest BCUT2D eigenvalue weighted by Crippen LogP contribution is -2.42. The quantitative estimate of drug-likeness (QED) is 0.861. The Morgan fingerprint density at radius 3 is 2.47 bits per heavy atom. The Labute approximate surface area is 114 Å². The fraction of sp³-hybridized carbons (Fsp3) is 0.533. The minimum absolute atomic E-state index is 0.0281. The highest BCUT2D eigenvalue weighted by atomic mass is 19.1. The predicted octanol–water partition coefficient (Wildman–Crippen LogP) is 2.76. The number of aliphatic hydroxyl groups excluding tert-OH is 1. The van der Waals surface area contributed by atoms with Gasteiger partial charge in [0.1, 0.15) is 5.82 Å². The molecule has 0 spiro atoms. The lowest BCUT2D eigenvalue weighted by atomic mass is 10.1. The molecule has 4 heteroatoms. The second-order valence-corrected chi connectivity index (χ2v) is 4.68. The number of rotatable bonds is 6. The average Bonchev–Trinajstić information content (AvgIpc) is 2.38. The number of hydrogen-bond acceptors (Lipinski definition) is 2. The molecule has 0 unspecified atom stereocenters. The van der Waals surface area contributed by atoms with Gasteiger partial charge < -0.3 is 10.0 Å². The summed E-state index contributed by atoms with van der Waals surface area (Å²) in [6.45, 7) is 5.87. The summed E-state index contributed by atoms with van der Waals surface area (Å²) < 4.78 is 13.9. The Morgan fingerprint density at radius 1 is 1.37 bits per heavy atom. The van der Waals surface area contributed by atoms with Crippen LogP contribution in [0.5, 0.6) is 0 Å². The minimum atomic E-state index is -0.501. The van der Waals surface area contributed by atoms with E-state index < -0.39 is 5.82 Å². The Morgan fingerprint density at radius 2 is 2.00 bits per heavy atom. The number of carbonyl (C=O) groups is 1. The monoisotopic (exact) mass is 267 g/mol.